The number of carbonyl (C=O) groups is 4. The van der Waals surface area contributed by atoms with Crippen LogP contribution >= 0.6 is 15.9 Å². The molecule has 200 valence electrons. The number of primary amides is 1. The zero-order valence-corrected chi connectivity index (χ0v) is 23.2. The number of carbonyl (C=O) groups excluding carboxylic acids is 4. The van der Waals surface area contributed by atoms with Gasteiger partial charge >= 0.3 is 0 Å². The number of nitrogens with two attached hydrogens (primary N) is 1. The molecule has 1 aromatic carbocycles. The largest absolute Gasteiger partial charge is 0.370 e. The molecule has 4 N–H and O–H groups in total. The van der Waals surface area contributed by atoms with Gasteiger partial charge in [0.2, 0.25) is 17.7 Å². The third-order valence-electron chi connectivity index (χ3n) is 6.30. The van der Waals surface area contributed by atoms with Crippen molar-refractivity contribution >= 4 is 39.6 Å². The first kappa shape index (κ1) is 29.8. The lowest BCUT2D eigenvalue weighted by atomic mass is 9.87. The fourth-order valence-electron chi connectivity index (χ4n) is 4.50. The molecule has 2 rings (SSSR count). The van der Waals surface area contributed by atoms with Crippen LogP contribution in [0.4, 0.5) is 0 Å². The number of hydrogen-bond donors (Lipinski definition) is 3. The van der Waals surface area contributed by atoms with Gasteiger partial charge in [0.25, 0.3) is 5.91 Å². The van der Waals surface area contributed by atoms with Gasteiger partial charge < -0.3 is 16.0 Å². The number of likely N-dealkylation sites (tertiary alicyclic amines) is 1. The Kier molecular flexibility index (Phi) is 10.9. The van der Waals surface area contributed by atoms with Gasteiger partial charge in [-0.25, -0.2) is 5.06 Å². The van der Waals surface area contributed by atoms with Gasteiger partial charge in [-0.15, -0.1) is 0 Å². The van der Waals surface area contributed by atoms with Gasteiger partial charge in [-0.2, -0.15) is 0 Å². The van der Waals surface area contributed by atoms with E-state index in [1.165, 1.54) is 0 Å². The molecule has 10 heteroatoms. The first-order chi connectivity index (χ1) is 16.8. The molecular formula is C26H39BrN4O5. The molecule has 1 saturated heterocycles. The van der Waals surface area contributed by atoms with Crippen molar-refractivity contribution in [3.63, 3.8) is 0 Å². The summed E-state index contributed by atoms with van der Waals surface area (Å²) in [7, 11) is 0. The monoisotopic (exact) mass is 566 g/mol. The number of nitrogens with zero attached hydrogens (tertiary/aromatic N) is 2. The number of rotatable bonds is 11. The molecule has 1 heterocycles. The molecule has 0 aromatic heterocycles. The molecule has 1 aliphatic heterocycles. The predicted molar refractivity (Wildman–Crippen MR) is 140 cm³/mol. The smallest absolute Gasteiger partial charge is 0.251 e. The standard InChI is InChI=1S/C26H39BrN4O5/c1-17(2)13-19(14-22(28)32)25(35)31(36)16-26(3,4)15-23(33)30-11-9-21(10-12-30)29-24(34)18-5-7-20(27)8-6-18/h5-8,17,19,21,36H,9-16H2,1-4H3,(H2,28,32)(H,29,34)/t19-/m1/s1. The Labute approximate surface area is 221 Å². The van der Waals surface area contributed by atoms with Gasteiger partial charge in [0.05, 0.1) is 6.54 Å². The molecule has 0 saturated carbocycles. The van der Waals surface area contributed by atoms with E-state index in [2.05, 4.69) is 21.2 Å². The summed E-state index contributed by atoms with van der Waals surface area (Å²) in [6.45, 7) is 8.51. The van der Waals surface area contributed by atoms with Crippen LogP contribution in [0.25, 0.3) is 0 Å². The Morgan fingerprint density at radius 3 is 2.28 bits per heavy atom. The van der Waals surface area contributed by atoms with E-state index in [-0.39, 0.29) is 43.2 Å². The molecule has 4 amide bonds. The molecule has 0 spiro atoms. The average Bonchev–Trinajstić information content (AvgIpc) is 2.77. The van der Waals surface area contributed by atoms with Gasteiger partial charge in [0.15, 0.2) is 0 Å². The summed E-state index contributed by atoms with van der Waals surface area (Å²) >= 11 is 3.36. The normalized spacial score (nSPS) is 15.5. The summed E-state index contributed by atoms with van der Waals surface area (Å²) in [4.78, 5) is 51.3. The lowest BCUT2D eigenvalue weighted by molar-refractivity contribution is -0.178. The van der Waals surface area contributed by atoms with E-state index >= 15 is 0 Å². The van der Waals surface area contributed by atoms with Crippen LogP contribution in [0.5, 0.6) is 0 Å². The van der Waals surface area contributed by atoms with Crippen LogP contribution in [-0.2, 0) is 14.4 Å². The van der Waals surface area contributed by atoms with Gasteiger partial charge in [0, 0.05) is 47.9 Å². The van der Waals surface area contributed by atoms with Crippen LogP contribution in [0.2, 0.25) is 0 Å². The third kappa shape index (κ3) is 9.54. The van der Waals surface area contributed by atoms with E-state index in [1.54, 1.807) is 17.0 Å². The Bertz CT molecular complexity index is 927. The molecule has 1 atom stereocenters. The Hall–Kier alpha value is -2.46. The molecule has 0 unspecified atom stereocenters. The van der Waals surface area contributed by atoms with Crippen LogP contribution < -0.4 is 11.1 Å². The zero-order valence-electron chi connectivity index (χ0n) is 21.6. The number of piperidine rings is 1. The summed E-state index contributed by atoms with van der Waals surface area (Å²) in [5.74, 6) is -1.87. The van der Waals surface area contributed by atoms with E-state index in [0.717, 1.165) is 4.47 Å². The van der Waals surface area contributed by atoms with Gasteiger partial charge in [-0.05, 0) is 54.9 Å². The summed E-state index contributed by atoms with van der Waals surface area (Å²) in [6, 6.07) is 7.15. The number of halogens is 1. The minimum atomic E-state index is -0.689. The lowest BCUT2D eigenvalue weighted by Crippen LogP contribution is -2.48. The molecule has 36 heavy (non-hydrogen) atoms. The highest BCUT2D eigenvalue weighted by molar-refractivity contribution is 9.10. The van der Waals surface area contributed by atoms with Crippen LogP contribution in [-0.4, -0.2) is 64.5 Å². The molecule has 1 fully saturated rings. The molecule has 9 nitrogen and oxygen atoms in total. The Balaban J connectivity index is 1.85. The quantitative estimate of drug-likeness (QED) is 0.279. The lowest BCUT2D eigenvalue weighted by Gasteiger charge is -2.36. The van der Waals surface area contributed by atoms with Crippen molar-refractivity contribution in [3.05, 3.63) is 34.3 Å². The fraction of sp³-hybridized carbons (Fsp3) is 0.615. The van der Waals surface area contributed by atoms with Crippen molar-refractivity contribution in [3.8, 4) is 0 Å². The van der Waals surface area contributed by atoms with Crippen LogP contribution in [0.3, 0.4) is 0 Å². The van der Waals surface area contributed by atoms with E-state index in [4.69, 9.17) is 5.73 Å². The van der Waals surface area contributed by atoms with E-state index in [9.17, 15) is 24.4 Å². The van der Waals surface area contributed by atoms with E-state index in [1.807, 2.05) is 39.8 Å². The highest BCUT2D eigenvalue weighted by Gasteiger charge is 2.33. The van der Waals surface area contributed by atoms with Crippen molar-refractivity contribution in [1.82, 2.24) is 15.3 Å². The van der Waals surface area contributed by atoms with Gasteiger partial charge in [-0.3, -0.25) is 24.4 Å². The number of benzene rings is 1. The minimum absolute atomic E-state index is 0.00749. The summed E-state index contributed by atoms with van der Waals surface area (Å²) in [5.41, 5.74) is 5.20. The predicted octanol–water partition coefficient (Wildman–Crippen LogP) is 3.34. The maximum Gasteiger partial charge on any atom is 0.251 e. The second-order valence-electron chi connectivity index (χ2n) is 10.9. The highest BCUT2D eigenvalue weighted by atomic mass is 79.9. The topological polar surface area (TPSA) is 133 Å². The summed E-state index contributed by atoms with van der Waals surface area (Å²) < 4.78 is 0.906. The first-order valence-electron chi connectivity index (χ1n) is 12.4. The average molecular weight is 568 g/mol. The van der Waals surface area contributed by atoms with Crippen molar-refractivity contribution in [2.75, 3.05) is 19.6 Å². The van der Waals surface area contributed by atoms with Crippen molar-refractivity contribution in [2.45, 2.75) is 65.8 Å². The maximum atomic E-state index is 13.0. The highest BCUT2D eigenvalue weighted by Crippen LogP contribution is 2.26. The van der Waals surface area contributed by atoms with Crippen molar-refractivity contribution < 1.29 is 24.4 Å². The molecule has 0 radical (unpaired) electrons. The van der Waals surface area contributed by atoms with Gasteiger partial charge in [0.1, 0.15) is 0 Å². The van der Waals surface area contributed by atoms with Crippen molar-refractivity contribution in [2.24, 2.45) is 23.0 Å². The van der Waals surface area contributed by atoms with Gasteiger partial charge in [-0.1, -0.05) is 43.6 Å². The van der Waals surface area contributed by atoms with Crippen molar-refractivity contribution in [1.29, 1.82) is 0 Å². The van der Waals surface area contributed by atoms with E-state index < -0.39 is 23.1 Å². The summed E-state index contributed by atoms with van der Waals surface area (Å²) in [6.07, 6.45) is 1.77. The SMILES string of the molecule is CC(C)C[C@H](CC(N)=O)C(=O)N(O)CC(C)(C)CC(=O)N1CCC(NC(=O)c2ccc(Br)cc2)CC1. The van der Waals surface area contributed by atoms with Crippen LogP contribution in [0.1, 0.15) is 70.2 Å². The Morgan fingerprint density at radius 1 is 1.17 bits per heavy atom. The second kappa shape index (κ2) is 13.2. The minimum Gasteiger partial charge on any atom is -0.370 e. The zero-order chi connectivity index (χ0) is 27.0. The molecular weight excluding hydrogens is 528 g/mol. The fourth-order valence-corrected chi connectivity index (χ4v) is 4.76. The second-order valence-corrected chi connectivity index (χ2v) is 11.8. The number of hydroxylamine groups is 2. The maximum absolute atomic E-state index is 13.0. The first-order valence-corrected chi connectivity index (χ1v) is 13.2. The van der Waals surface area contributed by atoms with E-state index in [0.29, 0.717) is 43.0 Å². The molecule has 1 aliphatic rings. The number of hydrogen-bond acceptors (Lipinski definition) is 5. The van der Waals surface area contributed by atoms with Crippen LogP contribution in [0, 0.1) is 17.3 Å². The molecule has 0 bridgehead atoms. The number of nitrogens with one attached hydrogen (secondary N) is 1. The Morgan fingerprint density at radius 2 is 1.75 bits per heavy atom. The van der Waals surface area contributed by atoms with Crippen LogP contribution in [0.15, 0.2) is 28.7 Å². The molecule has 0 aliphatic carbocycles. The number of amides is 4. The molecule has 1 aromatic rings. The summed E-state index contributed by atoms with van der Waals surface area (Å²) in [5, 5.41) is 14.1. The third-order valence-corrected chi connectivity index (χ3v) is 6.83.